The van der Waals surface area contributed by atoms with Crippen LogP contribution in [0.3, 0.4) is 0 Å². The molecule has 0 radical (unpaired) electrons. The Hall–Kier alpha value is -1.26. The van der Waals surface area contributed by atoms with Crippen molar-refractivity contribution in [2.24, 2.45) is 5.92 Å². The van der Waals surface area contributed by atoms with Crippen molar-refractivity contribution in [2.45, 2.75) is 33.4 Å². The Morgan fingerprint density at radius 1 is 1.33 bits per heavy atom. The Morgan fingerprint density at radius 3 is 2.67 bits per heavy atom. The molecule has 4 nitrogen and oxygen atoms in total. The van der Waals surface area contributed by atoms with Gasteiger partial charge < -0.3 is 20.3 Å². The SMILES string of the molecule is CCOc1cccc(CNC(C)C(C)CO)c1O. The number of hydrogen-bond acceptors (Lipinski definition) is 4. The van der Waals surface area contributed by atoms with Crippen molar-refractivity contribution in [1.82, 2.24) is 5.32 Å². The number of benzene rings is 1. The second-order valence-electron chi connectivity index (χ2n) is 4.53. The van der Waals surface area contributed by atoms with E-state index in [2.05, 4.69) is 5.32 Å². The highest BCUT2D eigenvalue weighted by molar-refractivity contribution is 5.45. The predicted octanol–water partition coefficient (Wildman–Crippen LogP) is 1.90. The standard InChI is InChI=1S/C14H23NO3/c1-4-18-13-7-5-6-12(14(13)17)8-15-11(3)10(2)9-16/h5-7,10-11,15-17H,4,8-9H2,1-3H3. The molecule has 0 aliphatic heterocycles. The fourth-order valence-electron chi connectivity index (χ4n) is 1.61. The summed E-state index contributed by atoms with van der Waals surface area (Å²) in [6.07, 6.45) is 0. The van der Waals surface area contributed by atoms with Gasteiger partial charge in [-0.1, -0.05) is 19.1 Å². The first-order valence-corrected chi connectivity index (χ1v) is 6.38. The zero-order chi connectivity index (χ0) is 13.5. The first-order valence-electron chi connectivity index (χ1n) is 6.38. The summed E-state index contributed by atoms with van der Waals surface area (Å²) in [5.41, 5.74) is 0.804. The third-order valence-electron chi connectivity index (χ3n) is 3.14. The van der Waals surface area contributed by atoms with Crippen LogP contribution in [-0.2, 0) is 6.54 Å². The average Bonchev–Trinajstić information content (AvgIpc) is 2.38. The van der Waals surface area contributed by atoms with Gasteiger partial charge in [0, 0.05) is 24.8 Å². The van der Waals surface area contributed by atoms with Crippen molar-refractivity contribution in [1.29, 1.82) is 0 Å². The fraction of sp³-hybridized carbons (Fsp3) is 0.571. The van der Waals surface area contributed by atoms with Crippen LogP contribution in [0.15, 0.2) is 18.2 Å². The average molecular weight is 253 g/mol. The monoisotopic (exact) mass is 253 g/mol. The number of hydrogen-bond donors (Lipinski definition) is 3. The molecule has 0 aliphatic rings. The molecule has 0 fully saturated rings. The lowest BCUT2D eigenvalue weighted by Crippen LogP contribution is -2.33. The summed E-state index contributed by atoms with van der Waals surface area (Å²) in [5, 5.41) is 22.4. The minimum absolute atomic E-state index is 0.152. The highest BCUT2D eigenvalue weighted by atomic mass is 16.5. The van der Waals surface area contributed by atoms with E-state index in [1.54, 1.807) is 6.07 Å². The Morgan fingerprint density at radius 2 is 2.06 bits per heavy atom. The van der Waals surface area contributed by atoms with Crippen LogP contribution in [0.4, 0.5) is 0 Å². The molecular weight excluding hydrogens is 230 g/mol. The van der Waals surface area contributed by atoms with Crippen LogP contribution in [0.1, 0.15) is 26.3 Å². The van der Waals surface area contributed by atoms with E-state index in [0.717, 1.165) is 5.56 Å². The van der Waals surface area contributed by atoms with E-state index in [1.807, 2.05) is 32.9 Å². The third kappa shape index (κ3) is 3.89. The summed E-state index contributed by atoms with van der Waals surface area (Å²) in [6.45, 7) is 7.12. The molecule has 0 aliphatic carbocycles. The molecule has 1 aromatic carbocycles. The van der Waals surface area contributed by atoms with Gasteiger partial charge in [0.15, 0.2) is 11.5 Å². The second-order valence-corrected chi connectivity index (χ2v) is 4.53. The Bertz CT molecular complexity index is 368. The van der Waals surface area contributed by atoms with Crippen LogP contribution in [0.2, 0.25) is 0 Å². The van der Waals surface area contributed by atoms with Crippen LogP contribution < -0.4 is 10.1 Å². The molecule has 102 valence electrons. The number of aliphatic hydroxyl groups is 1. The zero-order valence-corrected chi connectivity index (χ0v) is 11.3. The highest BCUT2D eigenvalue weighted by Gasteiger charge is 2.12. The minimum Gasteiger partial charge on any atom is -0.504 e. The van der Waals surface area contributed by atoms with Gasteiger partial charge >= 0.3 is 0 Å². The molecule has 4 heteroatoms. The summed E-state index contributed by atoms with van der Waals surface area (Å²) in [6, 6.07) is 5.66. The maximum Gasteiger partial charge on any atom is 0.162 e. The molecule has 0 saturated carbocycles. The number of rotatable bonds is 7. The molecule has 2 atom stereocenters. The van der Waals surface area contributed by atoms with E-state index >= 15 is 0 Å². The number of phenolic OH excluding ortho intramolecular Hbond substituents is 1. The quantitative estimate of drug-likeness (QED) is 0.694. The van der Waals surface area contributed by atoms with Gasteiger partial charge in [0.25, 0.3) is 0 Å². The molecular formula is C14H23NO3. The van der Waals surface area contributed by atoms with Crippen molar-refractivity contribution < 1.29 is 14.9 Å². The van der Waals surface area contributed by atoms with E-state index in [4.69, 9.17) is 9.84 Å². The van der Waals surface area contributed by atoms with Crippen LogP contribution in [0.25, 0.3) is 0 Å². The largest absolute Gasteiger partial charge is 0.504 e. The van der Waals surface area contributed by atoms with E-state index < -0.39 is 0 Å². The van der Waals surface area contributed by atoms with Gasteiger partial charge in [0.05, 0.1) is 6.61 Å². The summed E-state index contributed by atoms with van der Waals surface area (Å²) >= 11 is 0. The summed E-state index contributed by atoms with van der Waals surface area (Å²) in [7, 11) is 0. The van der Waals surface area contributed by atoms with Gasteiger partial charge in [-0.15, -0.1) is 0 Å². The van der Waals surface area contributed by atoms with Crippen molar-refractivity contribution in [3.8, 4) is 11.5 Å². The van der Waals surface area contributed by atoms with Crippen LogP contribution in [-0.4, -0.2) is 29.5 Å². The summed E-state index contributed by atoms with van der Waals surface area (Å²) in [4.78, 5) is 0. The molecule has 0 spiro atoms. The summed E-state index contributed by atoms with van der Waals surface area (Å²) in [5.74, 6) is 0.887. The zero-order valence-electron chi connectivity index (χ0n) is 11.3. The minimum atomic E-state index is 0.152. The molecule has 0 heterocycles. The summed E-state index contributed by atoms with van der Waals surface area (Å²) < 4.78 is 5.33. The molecule has 1 rings (SSSR count). The maximum absolute atomic E-state index is 10.0. The Labute approximate surface area is 109 Å². The van der Waals surface area contributed by atoms with Gasteiger partial charge in [0.2, 0.25) is 0 Å². The van der Waals surface area contributed by atoms with E-state index in [9.17, 15) is 5.11 Å². The third-order valence-corrected chi connectivity index (χ3v) is 3.14. The molecule has 3 N–H and O–H groups in total. The number of aliphatic hydroxyl groups excluding tert-OH is 1. The Balaban J connectivity index is 2.65. The number of para-hydroxylation sites is 1. The first kappa shape index (κ1) is 14.8. The number of aromatic hydroxyl groups is 1. The number of nitrogens with one attached hydrogen (secondary N) is 1. The number of ether oxygens (including phenoxy) is 1. The molecule has 18 heavy (non-hydrogen) atoms. The van der Waals surface area contributed by atoms with Crippen LogP contribution >= 0.6 is 0 Å². The molecule has 1 aromatic rings. The molecule has 0 aromatic heterocycles. The van der Waals surface area contributed by atoms with Gasteiger partial charge in [-0.05, 0) is 25.8 Å². The lowest BCUT2D eigenvalue weighted by atomic mass is 10.0. The molecule has 2 unspecified atom stereocenters. The lowest BCUT2D eigenvalue weighted by molar-refractivity contribution is 0.206. The lowest BCUT2D eigenvalue weighted by Gasteiger charge is -2.20. The second kappa shape index (κ2) is 7.24. The topological polar surface area (TPSA) is 61.7 Å². The fourth-order valence-corrected chi connectivity index (χ4v) is 1.61. The van der Waals surface area contributed by atoms with E-state index in [-0.39, 0.29) is 24.3 Å². The van der Waals surface area contributed by atoms with Crippen molar-refractivity contribution >= 4 is 0 Å². The van der Waals surface area contributed by atoms with Gasteiger partial charge in [-0.25, -0.2) is 0 Å². The van der Waals surface area contributed by atoms with Crippen LogP contribution in [0, 0.1) is 5.92 Å². The normalized spacial score (nSPS) is 14.2. The van der Waals surface area contributed by atoms with Gasteiger partial charge in [0.1, 0.15) is 0 Å². The van der Waals surface area contributed by atoms with Gasteiger partial charge in [-0.3, -0.25) is 0 Å². The predicted molar refractivity (Wildman–Crippen MR) is 71.8 cm³/mol. The van der Waals surface area contributed by atoms with E-state index in [0.29, 0.717) is 18.9 Å². The smallest absolute Gasteiger partial charge is 0.162 e. The van der Waals surface area contributed by atoms with E-state index in [1.165, 1.54) is 0 Å². The van der Waals surface area contributed by atoms with Gasteiger partial charge in [-0.2, -0.15) is 0 Å². The molecule has 0 amide bonds. The Kier molecular flexibility index (Phi) is 5.95. The molecule has 0 bridgehead atoms. The van der Waals surface area contributed by atoms with Crippen LogP contribution in [0.5, 0.6) is 11.5 Å². The molecule has 0 saturated heterocycles. The number of phenols is 1. The van der Waals surface area contributed by atoms with Crippen molar-refractivity contribution in [3.63, 3.8) is 0 Å². The first-order chi connectivity index (χ1) is 8.60. The highest BCUT2D eigenvalue weighted by Crippen LogP contribution is 2.29. The maximum atomic E-state index is 10.0. The van der Waals surface area contributed by atoms with Crippen molar-refractivity contribution in [3.05, 3.63) is 23.8 Å². The van der Waals surface area contributed by atoms with Crippen molar-refractivity contribution in [2.75, 3.05) is 13.2 Å².